The maximum absolute atomic E-state index is 13.4. The van der Waals surface area contributed by atoms with Crippen molar-refractivity contribution in [3.8, 4) is 11.3 Å². The molecule has 0 spiro atoms. The number of imidazole rings is 1. The third kappa shape index (κ3) is 3.73. The molecule has 0 radical (unpaired) electrons. The molecular weight excluding hydrogens is 371 g/mol. The molecule has 0 unspecified atom stereocenters. The number of benzene rings is 1. The number of fused-ring (bicyclic) bond motifs is 2. The summed E-state index contributed by atoms with van der Waals surface area (Å²) in [5.41, 5.74) is 2.41. The Morgan fingerprint density at radius 1 is 1.10 bits per heavy atom. The van der Waals surface area contributed by atoms with E-state index < -0.39 is 5.63 Å². The van der Waals surface area contributed by atoms with E-state index in [1.807, 2.05) is 32.0 Å². The van der Waals surface area contributed by atoms with Gasteiger partial charge in [-0.2, -0.15) is 0 Å². The van der Waals surface area contributed by atoms with Crippen LogP contribution in [0.5, 0.6) is 0 Å². The molecule has 7 heteroatoms. The van der Waals surface area contributed by atoms with E-state index in [1.165, 1.54) is 12.1 Å². The van der Waals surface area contributed by atoms with Crippen LogP contribution in [0.15, 0.2) is 58.0 Å². The van der Waals surface area contributed by atoms with Gasteiger partial charge >= 0.3 is 5.63 Å². The predicted octanol–water partition coefficient (Wildman–Crippen LogP) is 3.68. The maximum Gasteiger partial charge on any atom is 0.345 e. The fourth-order valence-electron chi connectivity index (χ4n) is 3.49. The summed E-state index contributed by atoms with van der Waals surface area (Å²) in [7, 11) is 0. The summed E-state index contributed by atoms with van der Waals surface area (Å²) in [5.74, 6) is -0.370. The van der Waals surface area contributed by atoms with Gasteiger partial charge in [-0.15, -0.1) is 0 Å². The minimum absolute atomic E-state index is 0.363. The summed E-state index contributed by atoms with van der Waals surface area (Å²) in [6.45, 7) is 7.72. The van der Waals surface area contributed by atoms with Crippen LogP contribution in [0, 0.1) is 5.82 Å². The highest BCUT2D eigenvalue weighted by atomic mass is 19.1. The van der Waals surface area contributed by atoms with Crippen molar-refractivity contribution in [2.24, 2.45) is 0 Å². The highest BCUT2D eigenvalue weighted by Gasteiger charge is 2.15. The summed E-state index contributed by atoms with van der Waals surface area (Å²) >= 11 is 0. The smallest absolute Gasteiger partial charge is 0.345 e. The van der Waals surface area contributed by atoms with E-state index in [4.69, 9.17) is 4.42 Å². The number of nitrogens with zero attached hydrogens (tertiary/aromatic N) is 3. The van der Waals surface area contributed by atoms with E-state index in [-0.39, 0.29) is 5.82 Å². The molecular formula is C22H23FN4O2. The molecule has 4 heterocycles. The molecule has 0 amide bonds. The average Bonchev–Trinajstić information content (AvgIpc) is 3.18. The first-order valence-corrected chi connectivity index (χ1v) is 9.86. The zero-order chi connectivity index (χ0) is 20.4. The Bertz CT molecular complexity index is 1210. The zero-order valence-corrected chi connectivity index (χ0v) is 16.5. The molecule has 6 nitrogen and oxygen atoms in total. The number of halogens is 1. The normalized spacial score (nSPS) is 14.1. The van der Waals surface area contributed by atoms with Crippen molar-refractivity contribution in [2.45, 2.75) is 13.8 Å². The minimum Gasteiger partial charge on any atom is -0.422 e. The standard InChI is InChI=1S/C20H17FN4O2.C2H6/c21-14-3-6-25-12-17(23-19(25)10-14)16-9-13-1-2-15(11-18(13)27-20(16)26)24-7-4-22-5-8-24;1-2/h1-3,6,9-12,22H,4-5,7-8H2;1-2H3. The van der Waals surface area contributed by atoms with Crippen molar-refractivity contribution in [3.05, 3.63) is 65.0 Å². The molecule has 1 N–H and O–H groups in total. The van der Waals surface area contributed by atoms with Gasteiger partial charge in [0.25, 0.3) is 0 Å². The Kier molecular flexibility index (Phi) is 5.31. The van der Waals surface area contributed by atoms with E-state index in [0.29, 0.717) is 22.5 Å². The Balaban J connectivity index is 0.000000994. The highest BCUT2D eigenvalue weighted by Crippen LogP contribution is 2.25. The molecule has 4 aromatic rings. The second-order valence-electron chi connectivity index (χ2n) is 6.64. The lowest BCUT2D eigenvalue weighted by atomic mass is 10.1. The van der Waals surface area contributed by atoms with Crippen LogP contribution in [-0.2, 0) is 0 Å². The van der Waals surface area contributed by atoms with Crippen molar-refractivity contribution in [1.82, 2.24) is 14.7 Å². The lowest BCUT2D eigenvalue weighted by Crippen LogP contribution is -2.43. The first kappa shape index (κ1) is 19.1. The SMILES string of the molecule is CC.O=c1oc2cc(N3CCNCC3)ccc2cc1-c1cn2ccc(F)cc2n1. The molecule has 1 aliphatic rings. The molecule has 3 aromatic heterocycles. The number of hydrogen-bond acceptors (Lipinski definition) is 5. The van der Waals surface area contributed by atoms with Crippen LogP contribution in [0.2, 0.25) is 0 Å². The molecule has 1 saturated heterocycles. The Morgan fingerprint density at radius 2 is 1.90 bits per heavy atom. The molecule has 0 saturated carbocycles. The molecule has 0 atom stereocenters. The molecule has 0 aliphatic carbocycles. The second-order valence-corrected chi connectivity index (χ2v) is 6.64. The van der Waals surface area contributed by atoms with Crippen molar-refractivity contribution < 1.29 is 8.81 Å². The van der Waals surface area contributed by atoms with Crippen LogP contribution in [0.25, 0.3) is 27.9 Å². The minimum atomic E-state index is -0.455. The van der Waals surface area contributed by atoms with E-state index in [0.717, 1.165) is 37.3 Å². The number of nitrogens with one attached hydrogen (secondary N) is 1. The van der Waals surface area contributed by atoms with Gasteiger partial charge in [0.2, 0.25) is 0 Å². The quantitative estimate of drug-likeness (QED) is 0.526. The molecule has 5 rings (SSSR count). The first-order chi connectivity index (χ1) is 14.2. The summed E-state index contributed by atoms with van der Waals surface area (Å²) in [4.78, 5) is 19.2. The molecule has 0 bridgehead atoms. The van der Waals surface area contributed by atoms with E-state index in [2.05, 4.69) is 15.2 Å². The van der Waals surface area contributed by atoms with Gasteiger partial charge in [-0.25, -0.2) is 14.2 Å². The summed E-state index contributed by atoms with van der Waals surface area (Å²) in [5, 5.41) is 4.15. The highest BCUT2D eigenvalue weighted by molar-refractivity contribution is 5.84. The number of pyridine rings is 1. The van der Waals surface area contributed by atoms with Crippen LogP contribution in [0.1, 0.15) is 13.8 Å². The van der Waals surface area contributed by atoms with Crippen LogP contribution < -0.4 is 15.8 Å². The monoisotopic (exact) mass is 394 g/mol. The fraction of sp³-hybridized carbons (Fsp3) is 0.273. The molecule has 150 valence electrons. The van der Waals surface area contributed by atoms with Crippen molar-refractivity contribution in [3.63, 3.8) is 0 Å². The van der Waals surface area contributed by atoms with Crippen molar-refractivity contribution in [1.29, 1.82) is 0 Å². The largest absolute Gasteiger partial charge is 0.422 e. The third-order valence-electron chi connectivity index (χ3n) is 4.90. The molecule has 1 aromatic carbocycles. The van der Waals surface area contributed by atoms with Crippen LogP contribution in [0.4, 0.5) is 10.1 Å². The van der Waals surface area contributed by atoms with Crippen molar-refractivity contribution >= 4 is 22.3 Å². The topological polar surface area (TPSA) is 62.8 Å². The van der Waals surface area contributed by atoms with Crippen LogP contribution in [-0.4, -0.2) is 35.6 Å². The maximum atomic E-state index is 13.4. The van der Waals surface area contributed by atoms with Gasteiger partial charge in [0, 0.05) is 61.8 Å². The van der Waals surface area contributed by atoms with Gasteiger partial charge in [0.15, 0.2) is 0 Å². The summed E-state index contributed by atoms with van der Waals surface area (Å²) in [6.07, 6.45) is 3.27. The number of anilines is 1. The molecule has 1 fully saturated rings. The van der Waals surface area contributed by atoms with E-state index in [1.54, 1.807) is 22.9 Å². The lowest BCUT2D eigenvalue weighted by molar-refractivity contribution is 0.561. The average molecular weight is 394 g/mol. The summed E-state index contributed by atoms with van der Waals surface area (Å²) < 4.78 is 20.6. The predicted molar refractivity (Wildman–Crippen MR) is 113 cm³/mol. The van der Waals surface area contributed by atoms with Gasteiger partial charge in [0.1, 0.15) is 17.0 Å². The number of aromatic nitrogens is 2. The van der Waals surface area contributed by atoms with Gasteiger partial charge < -0.3 is 19.0 Å². The van der Waals surface area contributed by atoms with Crippen molar-refractivity contribution in [2.75, 3.05) is 31.1 Å². The van der Waals surface area contributed by atoms with E-state index >= 15 is 0 Å². The first-order valence-electron chi connectivity index (χ1n) is 9.86. The Hall–Kier alpha value is -3.19. The van der Waals surface area contributed by atoms with Gasteiger partial charge in [-0.3, -0.25) is 0 Å². The lowest BCUT2D eigenvalue weighted by Gasteiger charge is -2.29. The molecule has 29 heavy (non-hydrogen) atoms. The van der Waals surface area contributed by atoms with Gasteiger partial charge in [-0.1, -0.05) is 13.8 Å². The number of piperazine rings is 1. The number of rotatable bonds is 2. The Labute approximate surface area is 167 Å². The zero-order valence-electron chi connectivity index (χ0n) is 16.5. The van der Waals surface area contributed by atoms with Gasteiger partial charge in [0.05, 0.1) is 11.3 Å². The van der Waals surface area contributed by atoms with Crippen LogP contribution >= 0.6 is 0 Å². The number of hydrogen-bond donors (Lipinski definition) is 1. The van der Waals surface area contributed by atoms with E-state index in [9.17, 15) is 9.18 Å². The second kappa shape index (κ2) is 8.05. The molecule has 1 aliphatic heterocycles. The third-order valence-corrected chi connectivity index (χ3v) is 4.90. The summed E-state index contributed by atoms with van der Waals surface area (Å²) in [6, 6.07) is 10.3. The van der Waals surface area contributed by atoms with Crippen LogP contribution in [0.3, 0.4) is 0 Å². The van der Waals surface area contributed by atoms with Gasteiger partial charge in [-0.05, 0) is 24.3 Å². The Morgan fingerprint density at radius 3 is 2.69 bits per heavy atom. The fourth-order valence-corrected chi connectivity index (χ4v) is 3.49.